The van der Waals surface area contributed by atoms with Crippen LogP contribution in [0.25, 0.3) is 0 Å². The number of halogens is 2. The maximum Gasteiger partial charge on any atom is 0.213 e. The molecule has 0 bridgehead atoms. The molecule has 0 fully saturated rings. The summed E-state index contributed by atoms with van der Waals surface area (Å²) in [6, 6.07) is 12.1. The second kappa shape index (κ2) is 6.89. The fraction of sp³-hybridized carbons (Fsp3) is 0.176. The molecule has 1 aromatic heterocycles. The summed E-state index contributed by atoms with van der Waals surface area (Å²) in [6.45, 7) is 2.27. The lowest BCUT2D eigenvalue weighted by Crippen LogP contribution is -2.23. The van der Waals surface area contributed by atoms with Crippen LogP contribution in [0.4, 0.5) is 4.39 Å². The molecule has 1 atom stereocenters. The summed E-state index contributed by atoms with van der Waals surface area (Å²) in [6.07, 6.45) is 1.27. The third-order valence-corrected chi connectivity index (χ3v) is 3.79. The average Bonchev–Trinajstić information content (AvgIpc) is 3.07. The third kappa shape index (κ3) is 3.75. The summed E-state index contributed by atoms with van der Waals surface area (Å²) in [7, 11) is 0. The lowest BCUT2D eigenvalue weighted by atomic mass is 10.1. The number of hydrogen-bond acceptors (Lipinski definition) is 4. The molecule has 0 radical (unpaired) electrons. The molecular weight excluding hydrogens is 317 g/mol. The van der Waals surface area contributed by atoms with E-state index in [1.807, 2.05) is 25.1 Å². The van der Waals surface area contributed by atoms with E-state index >= 15 is 0 Å². The summed E-state index contributed by atoms with van der Waals surface area (Å²) in [5, 5.41) is 7.81. The van der Waals surface area contributed by atoms with E-state index in [0.29, 0.717) is 23.0 Å². The highest BCUT2D eigenvalue weighted by Crippen LogP contribution is 2.22. The zero-order valence-corrected chi connectivity index (χ0v) is 13.2. The highest BCUT2D eigenvalue weighted by molar-refractivity contribution is 6.30. The Morgan fingerprint density at radius 1 is 1.22 bits per heavy atom. The Morgan fingerprint density at radius 3 is 2.70 bits per heavy atom. The zero-order valence-electron chi connectivity index (χ0n) is 12.5. The van der Waals surface area contributed by atoms with Crippen LogP contribution in [-0.4, -0.2) is 10.1 Å². The summed E-state index contributed by atoms with van der Waals surface area (Å²) < 4.78 is 18.7. The molecule has 2 aromatic carbocycles. The van der Waals surface area contributed by atoms with Crippen LogP contribution in [0.1, 0.15) is 28.6 Å². The average molecular weight is 332 g/mol. The minimum absolute atomic E-state index is 0.244. The van der Waals surface area contributed by atoms with Gasteiger partial charge in [-0.1, -0.05) is 46.6 Å². The van der Waals surface area contributed by atoms with Gasteiger partial charge in [0.15, 0.2) is 5.82 Å². The van der Waals surface area contributed by atoms with Crippen LogP contribution >= 0.6 is 11.6 Å². The predicted octanol–water partition coefficient (Wildman–Crippen LogP) is 4.05. The number of nitrogens with one attached hydrogen (secondary N) is 1. The normalized spacial score (nSPS) is 12.3. The van der Waals surface area contributed by atoms with Crippen molar-refractivity contribution in [1.82, 2.24) is 15.5 Å². The number of aryl methyl sites for hydroxylation is 1. The van der Waals surface area contributed by atoms with Gasteiger partial charge in [0.2, 0.25) is 6.39 Å². The van der Waals surface area contributed by atoms with E-state index < -0.39 is 0 Å². The van der Waals surface area contributed by atoms with Crippen LogP contribution < -0.4 is 5.32 Å². The summed E-state index contributed by atoms with van der Waals surface area (Å²) in [5.74, 6) is 0.242. The lowest BCUT2D eigenvalue weighted by Gasteiger charge is -2.16. The molecule has 1 N–H and O–H groups in total. The SMILES string of the molecule is Cc1ccc(F)c(CN[C@H](c2ccc(Cl)cc2)c2ncon2)c1. The third-order valence-electron chi connectivity index (χ3n) is 3.54. The Bertz CT molecular complexity index is 775. The number of hydrogen-bond donors (Lipinski definition) is 1. The molecule has 0 spiro atoms. The van der Waals surface area contributed by atoms with Crippen molar-refractivity contribution in [2.75, 3.05) is 0 Å². The first-order valence-electron chi connectivity index (χ1n) is 7.13. The van der Waals surface area contributed by atoms with Crippen molar-refractivity contribution >= 4 is 11.6 Å². The van der Waals surface area contributed by atoms with Gasteiger partial charge in [0, 0.05) is 17.1 Å². The van der Waals surface area contributed by atoms with Crippen molar-refractivity contribution in [3.8, 4) is 0 Å². The maximum absolute atomic E-state index is 13.9. The van der Waals surface area contributed by atoms with Gasteiger partial charge in [0.05, 0.1) is 6.04 Å². The van der Waals surface area contributed by atoms with E-state index in [2.05, 4.69) is 15.5 Å². The van der Waals surface area contributed by atoms with Crippen molar-refractivity contribution in [2.24, 2.45) is 0 Å². The van der Waals surface area contributed by atoms with Gasteiger partial charge in [-0.25, -0.2) is 4.39 Å². The maximum atomic E-state index is 13.9. The molecule has 3 aromatic rings. The topological polar surface area (TPSA) is 51.0 Å². The fourth-order valence-corrected chi connectivity index (χ4v) is 2.50. The zero-order chi connectivity index (χ0) is 16.2. The largest absolute Gasteiger partial charge is 0.343 e. The molecule has 23 heavy (non-hydrogen) atoms. The van der Waals surface area contributed by atoms with Crippen LogP contribution in [0.15, 0.2) is 53.4 Å². The number of rotatable bonds is 5. The van der Waals surface area contributed by atoms with E-state index in [4.69, 9.17) is 16.1 Å². The van der Waals surface area contributed by atoms with Gasteiger partial charge in [-0.15, -0.1) is 0 Å². The first kappa shape index (κ1) is 15.6. The molecule has 0 aliphatic rings. The molecule has 6 heteroatoms. The highest BCUT2D eigenvalue weighted by atomic mass is 35.5. The van der Waals surface area contributed by atoms with Gasteiger partial charge >= 0.3 is 0 Å². The van der Waals surface area contributed by atoms with Crippen LogP contribution in [-0.2, 0) is 6.54 Å². The van der Waals surface area contributed by atoms with Crippen LogP contribution in [0, 0.1) is 12.7 Å². The Kier molecular flexibility index (Phi) is 4.69. The molecule has 0 amide bonds. The van der Waals surface area contributed by atoms with Crippen molar-refractivity contribution in [1.29, 1.82) is 0 Å². The first-order chi connectivity index (χ1) is 11.1. The molecule has 1 heterocycles. The Labute approximate surface area is 138 Å². The van der Waals surface area contributed by atoms with E-state index in [9.17, 15) is 4.39 Å². The number of benzene rings is 2. The van der Waals surface area contributed by atoms with Gasteiger partial charge in [-0.2, -0.15) is 4.98 Å². The molecule has 4 nitrogen and oxygen atoms in total. The summed E-state index contributed by atoms with van der Waals surface area (Å²) >= 11 is 5.93. The molecular formula is C17H15ClFN3O. The second-order valence-corrected chi connectivity index (χ2v) is 5.69. The van der Waals surface area contributed by atoms with Gasteiger partial charge in [-0.05, 0) is 30.7 Å². The molecule has 0 saturated heterocycles. The Balaban J connectivity index is 1.85. The monoisotopic (exact) mass is 331 g/mol. The van der Waals surface area contributed by atoms with Crippen LogP contribution in [0.3, 0.4) is 0 Å². The molecule has 0 unspecified atom stereocenters. The molecule has 0 saturated carbocycles. The van der Waals surface area contributed by atoms with Crippen LogP contribution in [0.2, 0.25) is 5.02 Å². The van der Waals surface area contributed by atoms with Crippen molar-refractivity contribution < 1.29 is 8.91 Å². The van der Waals surface area contributed by atoms with Gasteiger partial charge < -0.3 is 4.52 Å². The standard InChI is InChI=1S/C17H15ClFN3O/c1-11-2-7-15(19)13(8-11)9-20-16(17-21-10-23-22-17)12-3-5-14(18)6-4-12/h2-8,10,16,20H,9H2,1H3/t16-/m1/s1. The predicted molar refractivity (Wildman–Crippen MR) is 85.6 cm³/mol. The molecule has 0 aliphatic heterocycles. The van der Waals surface area contributed by atoms with Crippen molar-refractivity contribution in [3.63, 3.8) is 0 Å². The Hall–Kier alpha value is -2.24. The van der Waals surface area contributed by atoms with Gasteiger partial charge in [0.1, 0.15) is 5.82 Å². The van der Waals surface area contributed by atoms with Crippen molar-refractivity contribution in [3.05, 3.63) is 82.2 Å². The van der Waals surface area contributed by atoms with Gasteiger partial charge in [-0.3, -0.25) is 5.32 Å². The second-order valence-electron chi connectivity index (χ2n) is 5.25. The summed E-state index contributed by atoms with van der Waals surface area (Å²) in [5.41, 5.74) is 2.52. The van der Waals surface area contributed by atoms with E-state index in [1.54, 1.807) is 18.2 Å². The number of aromatic nitrogens is 2. The summed E-state index contributed by atoms with van der Waals surface area (Å²) in [4.78, 5) is 4.10. The van der Waals surface area contributed by atoms with Gasteiger partial charge in [0.25, 0.3) is 0 Å². The van der Waals surface area contributed by atoms with Crippen LogP contribution in [0.5, 0.6) is 0 Å². The first-order valence-corrected chi connectivity index (χ1v) is 7.51. The molecule has 3 rings (SSSR count). The minimum atomic E-state index is -0.314. The Morgan fingerprint density at radius 2 is 2.00 bits per heavy atom. The fourth-order valence-electron chi connectivity index (χ4n) is 2.37. The smallest absolute Gasteiger partial charge is 0.213 e. The minimum Gasteiger partial charge on any atom is -0.343 e. The highest BCUT2D eigenvalue weighted by Gasteiger charge is 2.18. The number of nitrogens with zero attached hydrogens (tertiary/aromatic N) is 2. The van der Waals surface area contributed by atoms with E-state index in [1.165, 1.54) is 12.5 Å². The van der Waals surface area contributed by atoms with Crippen molar-refractivity contribution in [2.45, 2.75) is 19.5 Å². The van der Waals surface area contributed by atoms with E-state index in [-0.39, 0.29) is 11.9 Å². The molecule has 118 valence electrons. The quantitative estimate of drug-likeness (QED) is 0.766. The lowest BCUT2D eigenvalue weighted by molar-refractivity contribution is 0.401. The molecule has 0 aliphatic carbocycles. The van der Waals surface area contributed by atoms with E-state index in [0.717, 1.165) is 11.1 Å².